The Morgan fingerprint density at radius 2 is 2.09 bits per heavy atom. The van der Waals surface area contributed by atoms with Crippen molar-refractivity contribution < 1.29 is 19.0 Å². The van der Waals surface area contributed by atoms with Crippen LogP contribution in [-0.4, -0.2) is 61.9 Å². The number of carbonyl (C=O) groups is 1. The molecule has 5 nitrogen and oxygen atoms in total. The van der Waals surface area contributed by atoms with E-state index in [2.05, 4.69) is 0 Å². The molecule has 0 spiro atoms. The number of ether oxygens (including phenoxy) is 1. The summed E-state index contributed by atoms with van der Waals surface area (Å²) < 4.78 is 19.7. The van der Waals surface area contributed by atoms with E-state index in [1.807, 2.05) is 4.90 Å². The lowest BCUT2D eigenvalue weighted by Gasteiger charge is -2.32. The number of aliphatic hydroxyl groups excluding tert-OH is 1. The second-order valence-corrected chi connectivity index (χ2v) is 6.21. The third-order valence-corrected chi connectivity index (χ3v) is 4.61. The van der Waals surface area contributed by atoms with Crippen LogP contribution in [-0.2, 0) is 4.74 Å². The van der Waals surface area contributed by atoms with Gasteiger partial charge in [-0.05, 0) is 37.0 Å². The van der Waals surface area contributed by atoms with Gasteiger partial charge in [-0.15, -0.1) is 0 Å². The Kier molecular flexibility index (Phi) is 5.13. The van der Waals surface area contributed by atoms with Crippen molar-refractivity contribution in [2.45, 2.75) is 12.8 Å². The maximum absolute atomic E-state index is 14.4. The molecule has 23 heavy (non-hydrogen) atoms. The van der Waals surface area contributed by atoms with Crippen LogP contribution in [0.15, 0.2) is 18.2 Å². The summed E-state index contributed by atoms with van der Waals surface area (Å²) in [6.45, 7) is 3.81. The minimum atomic E-state index is -0.367. The molecule has 2 heterocycles. The molecule has 3 rings (SSSR count). The molecule has 0 radical (unpaired) electrons. The molecule has 1 unspecified atom stereocenters. The van der Waals surface area contributed by atoms with Gasteiger partial charge < -0.3 is 19.6 Å². The van der Waals surface area contributed by atoms with E-state index in [1.165, 1.54) is 6.07 Å². The standard InChI is InChI=1S/C17H23FN2O3/c18-15-10-14(3-4-16(15)19-6-8-23-9-7-19)17(22)20-5-1-2-13(11-20)12-21/h3-4,10,13,21H,1-2,5-9,11-12H2. The van der Waals surface area contributed by atoms with E-state index >= 15 is 0 Å². The molecule has 1 atom stereocenters. The van der Waals surface area contributed by atoms with Crippen LogP contribution in [0.1, 0.15) is 23.2 Å². The number of nitrogens with zero attached hydrogens (tertiary/aromatic N) is 2. The minimum Gasteiger partial charge on any atom is -0.396 e. The number of anilines is 1. The van der Waals surface area contributed by atoms with Gasteiger partial charge in [0.25, 0.3) is 5.91 Å². The van der Waals surface area contributed by atoms with Gasteiger partial charge in [-0.2, -0.15) is 0 Å². The number of morpholine rings is 1. The Morgan fingerprint density at radius 3 is 2.78 bits per heavy atom. The van der Waals surface area contributed by atoms with Crippen molar-refractivity contribution in [3.8, 4) is 0 Å². The molecule has 1 N–H and O–H groups in total. The number of halogens is 1. The first-order valence-corrected chi connectivity index (χ1v) is 8.21. The molecule has 0 aliphatic carbocycles. The van der Waals surface area contributed by atoms with Crippen LogP contribution >= 0.6 is 0 Å². The summed E-state index contributed by atoms with van der Waals surface area (Å²) in [7, 11) is 0. The van der Waals surface area contributed by atoms with Crippen LogP contribution in [0, 0.1) is 11.7 Å². The molecule has 1 amide bonds. The highest BCUT2D eigenvalue weighted by molar-refractivity contribution is 5.94. The van der Waals surface area contributed by atoms with Gasteiger partial charge >= 0.3 is 0 Å². The van der Waals surface area contributed by atoms with E-state index in [0.29, 0.717) is 50.6 Å². The smallest absolute Gasteiger partial charge is 0.253 e. The van der Waals surface area contributed by atoms with Gasteiger partial charge in [0.2, 0.25) is 0 Å². The van der Waals surface area contributed by atoms with E-state index < -0.39 is 0 Å². The van der Waals surface area contributed by atoms with Gasteiger partial charge in [-0.1, -0.05) is 0 Å². The monoisotopic (exact) mass is 322 g/mol. The molecule has 0 aromatic heterocycles. The van der Waals surface area contributed by atoms with Gasteiger partial charge in [0.05, 0.1) is 18.9 Å². The molecular formula is C17H23FN2O3. The molecule has 2 aliphatic rings. The maximum Gasteiger partial charge on any atom is 0.253 e. The minimum absolute atomic E-state index is 0.0914. The summed E-state index contributed by atoms with van der Waals surface area (Å²) in [6.07, 6.45) is 1.82. The van der Waals surface area contributed by atoms with Crippen molar-refractivity contribution in [3.63, 3.8) is 0 Å². The highest BCUT2D eigenvalue weighted by Gasteiger charge is 2.25. The Hall–Kier alpha value is -1.66. The lowest BCUT2D eigenvalue weighted by atomic mass is 9.98. The average molecular weight is 322 g/mol. The third-order valence-electron chi connectivity index (χ3n) is 4.61. The SMILES string of the molecule is O=C(c1ccc(N2CCOCC2)c(F)c1)N1CCCC(CO)C1. The molecule has 1 aromatic rings. The van der Waals surface area contributed by atoms with Crippen LogP contribution in [0.4, 0.5) is 10.1 Å². The summed E-state index contributed by atoms with van der Waals surface area (Å²) in [6, 6.07) is 4.70. The highest BCUT2D eigenvalue weighted by Crippen LogP contribution is 2.24. The van der Waals surface area contributed by atoms with E-state index in [9.17, 15) is 14.3 Å². The van der Waals surface area contributed by atoms with Crippen LogP contribution in [0.3, 0.4) is 0 Å². The normalized spacial score (nSPS) is 22.3. The van der Waals surface area contributed by atoms with Crippen LogP contribution in [0.5, 0.6) is 0 Å². The summed E-state index contributed by atoms with van der Waals surface area (Å²) in [4.78, 5) is 16.2. The fourth-order valence-corrected chi connectivity index (χ4v) is 3.28. The largest absolute Gasteiger partial charge is 0.396 e. The van der Waals surface area contributed by atoms with Crippen molar-refractivity contribution in [2.24, 2.45) is 5.92 Å². The number of hydrogen-bond donors (Lipinski definition) is 1. The van der Waals surface area contributed by atoms with Crippen molar-refractivity contribution in [2.75, 3.05) is 50.9 Å². The zero-order chi connectivity index (χ0) is 16.2. The van der Waals surface area contributed by atoms with E-state index in [0.717, 1.165) is 12.8 Å². The maximum atomic E-state index is 14.4. The van der Waals surface area contributed by atoms with E-state index in [1.54, 1.807) is 17.0 Å². The lowest BCUT2D eigenvalue weighted by molar-refractivity contribution is 0.0620. The van der Waals surface area contributed by atoms with Crippen LogP contribution < -0.4 is 4.90 Å². The summed E-state index contributed by atoms with van der Waals surface area (Å²) in [5, 5.41) is 9.27. The first kappa shape index (κ1) is 16.2. The number of amides is 1. The first-order valence-electron chi connectivity index (χ1n) is 8.21. The van der Waals surface area contributed by atoms with Crippen LogP contribution in [0.2, 0.25) is 0 Å². The van der Waals surface area contributed by atoms with Crippen molar-refractivity contribution in [1.82, 2.24) is 4.90 Å². The Balaban J connectivity index is 1.72. The second-order valence-electron chi connectivity index (χ2n) is 6.21. The van der Waals surface area contributed by atoms with Crippen molar-refractivity contribution >= 4 is 11.6 Å². The lowest BCUT2D eigenvalue weighted by Crippen LogP contribution is -2.41. The molecular weight excluding hydrogens is 299 g/mol. The summed E-state index contributed by atoms with van der Waals surface area (Å²) in [5.41, 5.74) is 0.898. The second kappa shape index (κ2) is 7.27. The van der Waals surface area contributed by atoms with Crippen molar-refractivity contribution in [3.05, 3.63) is 29.6 Å². The number of hydrogen-bond acceptors (Lipinski definition) is 4. The van der Waals surface area contributed by atoms with Gasteiger partial charge in [0.1, 0.15) is 5.82 Å². The third kappa shape index (κ3) is 3.64. The molecule has 1 aromatic carbocycles. The molecule has 0 bridgehead atoms. The number of likely N-dealkylation sites (tertiary alicyclic amines) is 1. The fraction of sp³-hybridized carbons (Fsp3) is 0.588. The molecule has 2 aliphatic heterocycles. The predicted molar refractivity (Wildman–Crippen MR) is 85.1 cm³/mol. The molecule has 2 saturated heterocycles. The number of piperidine rings is 1. The highest BCUT2D eigenvalue weighted by atomic mass is 19.1. The van der Waals surface area contributed by atoms with Crippen LogP contribution in [0.25, 0.3) is 0 Å². The van der Waals surface area contributed by atoms with E-state index in [4.69, 9.17) is 4.74 Å². The van der Waals surface area contributed by atoms with Gasteiger partial charge in [0, 0.05) is 38.3 Å². The van der Waals surface area contributed by atoms with Crippen molar-refractivity contribution in [1.29, 1.82) is 0 Å². The molecule has 126 valence electrons. The summed E-state index contributed by atoms with van der Waals surface area (Å²) >= 11 is 0. The Morgan fingerprint density at radius 1 is 1.30 bits per heavy atom. The van der Waals surface area contributed by atoms with Gasteiger partial charge in [-0.3, -0.25) is 4.79 Å². The Bertz CT molecular complexity index is 561. The van der Waals surface area contributed by atoms with Gasteiger partial charge in [-0.25, -0.2) is 4.39 Å². The quantitative estimate of drug-likeness (QED) is 0.916. The topological polar surface area (TPSA) is 53.0 Å². The number of benzene rings is 1. The summed E-state index contributed by atoms with van der Waals surface area (Å²) in [5.74, 6) is -0.394. The number of aliphatic hydroxyl groups is 1. The van der Waals surface area contributed by atoms with E-state index in [-0.39, 0.29) is 24.2 Å². The number of rotatable bonds is 3. The predicted octanol–water partition coefficient (Wildman–Crippen LogP) is 1.51. The van der Waals surface area contributed by atoms with Gasteiger partial charge in [0.15, 0.2) is 0 Å². The first-order chi connectivity index (χ1) is 11.2. The zero-order valence-corrected chi connectivity index (χ0v) is 13.2. The molecule has 6 heteroatoms. The number of carbonyl (C=O) groups excluding carboxylic acids is 1. The average Bonchev–Trinajstić information content (AvgIpc) is 2.61. The zero-order valence-electron chi connectivity index (χ0n) is 13.2. The fourth-order valence-electron chi connectivity index (χ4n) is 3.28. The molecule has 0 saturated carbocycles. The Labute approximate surface area is 135 Å². The molecule has 2 fully saturated rings.